The molecule has 2 N–H and O–H groups in total. The van der Waals surface area contributed by atoms with Gasteiger partial charge in [0, 0.05) is 18.3 Å². The number of aryl methyl sites for hydroxylation is 2. The summed E-state index contributed by atoms with van der Waals surface area (Å²) in [5.74, 6) is 0.998. The molecule has 3 heteroatoms. The highest BCUT2D eigenvalue weighted by atomic mass is 14.8. The number of nitrogens with two attached hydrogens (primary N) is 1. The Morgan fingerprint density at radius 1 is 1.33 bits per heavy atom. The molecule has 0 spiro atoms. The molecule has 0 fully saturated rings. The van der Waals surface area contributed by atoms with Crippen LogP contribution in [0.3, 0.4) is 0 Å². The number of anilines is 1. The maximum absolute atomic E-state index is 5.79. The van der Waals surface area contributed by atoms with E-state index in [1.54, 1.807) is 0 Å². The van der Waals surface area contributed by atoms with Crippen LogP contribution in [0.15, 0.2) is 30.6 Å². The van der Waals surface area contributed by atoms with Gasteiger partial charge in [-0.25, -0.2) is 4.98 Å². The fourth-order valence-corrected chi connectivity index (χ4v) is 2.73. The van der Waals surface area contributed by atoms with Crippen LogP contribution in [-0.2, 0) is 6.42 Å². The van der Waals surface area contributed by atoms with Crippen LogP contribution in [0.4, 0.5) is 5.82 Å². The van der Waals surface area contributed by atoms with Gasteiger partial charge in [0.2, 0.25) is 0 Å². The standard InChI is InChI=1S/C15H17N3/c1-10-8-12(9-18-15(10)16)13-6-2-4-11-5-3-7-17-14(11)13/h3,5,7-9,13H,2,4,6H2,1H3,(H2,16,18). The number of hydrogen-bond donors (Lipinski definition) is 1. The Kier molecular flexibility index (Phi) is 2.74. The van der Waals surface area contributed by atoms with Gasteiger partial charge >= 0.3 is 0 Å². The smallest absolute Gasteiger partial charge is 0.126 e. The Labute approximate surface area is 107 Å². The van der Waals surface area contributed by atoms with Crippen molar-refractivity contribution in [3.8, 4) is 0 Å². The number of hydrogen-bond acceptors (Lipinski definition) is 3. The van der Waals surface area contributed by atoms with Gasteiger partial charge in [-0.05, 0) is 48.9 Å². The molecule has 2 heterocycles. The molecule has 0 radical (unpaired) electrons. The van der Waals surface area contributed by atoms with Gasteiger partial charge in [0.15, 0.2) is 0 Å². The highest BCUT2D eigenvalue weighted by Gasteiger charge is 2.23. The van der Waals surface area contributed by atoms with Crippen molar-refractivity contribution in [1.29, 1.82) is 0 Å². The van der Waals surface area contributed by atoms with Crippen molar-refractivity contribution < 1.29 is 0 Å². The average Bonchev–Trinajstić information content (AvgIpc) is 2.41. The predicted molar refractivity (Wildman–Crippen MR) is 72.4 cm³/mol. The van der Waals surface area contributed by atoms with Crippen LogP contribution >= 0.6 is 0 Å². The SMILES string of the molecule is Cc1cc(C2CCCc3cccnc32)cnc1N. The third kappa shape index (κ3) is 1.86. The second-order valence-corrected chi connectivity index (χ2v) is 4.96. The molecule has 0 saturated carbocycles. The Bertz CT molecular complexity index is 578. The molecule has 1 atom stereocenters. The minimum Gasteiger partial charge on any atom is -0.383 e. The van der Waals surface area contributed by atoms with Gasteiger partial charge in [-0.15, -0.1) is 0 Å². The summed E-state index contributed by atoms with van der Waals surface area (Å²) in [6, 6.07) is 6.36. The molecule has 0 amide bonds. The number of pyridine rings is 2. The first-order valence-electron chi connectivity index (χ1n) is 6.41. The molecule has 1 unspecified atom stereocenters. The van der Waals surface area contributed by atoms with Crippen molar-refractivity contribution in [3.63, 3.8) is 0 Å². The van der Waals surface area contributed by atoms with E-state index in [-0.39, 0.29) is 0 Å². The molecule has 2 aromatic heterocycles. The van der Waals surface area contributed by atoms with E-state index in [2.05, 4.69) is 22.1 Å². The lowest BCUT2D eigenvalue weighted by Crippen LogP contribution is -2.13. The van der Waals surface area contributed by atoms with E-state index < -0.39 is 0 Å². The summed E-state index contributed by atoms with van der Waals surface area (Å²) in [6.07, 6.45) is 7.29. The predicted octanol–water partition coefficient (Wildman–Crippen LogP) is 2.84. The summed E-state index contributed by atoms with van der Waals surface area (Å²) >= 11 is 0. The fraction of sp³-hybridized carbons (Fsp3) is 0.333. The molecule has 92 valence electrons. The van der Waals surface area contributed by atoms with Gasteiger partial charge in [0.1, 0.15) is 5.82 Å². The Morgan fingerprint density at radius 2 is 2.22 bits per heavy atom. The third-order valence-corrected chi connectivity index (χ3v) is 3.74. The fourth-order valence-electron chi connectivity index (χ4n) is 2.73. The molecule has 0 bridgehead atoms. The van der Waals surface area contributed by atoms with Crippen LogP contribution < -0.4 is 5.73 Å². The topological polar surface area (TPSA) is 51.8 Å². The minimum atomic E-state index is 0.377. The monoisotopic (exact) mass is 239 g/mol. The van der Waals surface area contributed by atoms with E-state index in [9.17, 15) is 0 Å². The Morgan fingerprint density at radius 3 is 3.06 bits per heavy atom. The molecule has 1 aliphatic carbocycles. The zero-order chi connectivity index (χ0) is 12.5. The molecule has 0 saturated heterocycles. The van der Waals surface area contributed by atoms with Gasteiger partial charge in [-0.2, -0.15) is 0 Å². The van der Waals surface area contributed by atoms with Crippen molar-refractivity contribution in [2.24, 2.45) is 0 Å². The number of nitrogens with zero attached hydrogens (tertiary/aromatic N) is 2. The van der Waals surface area contributed by atoms with Crippen molar-refractivity contribution in [2.75, 3.05) is 5.73 Å². The molecule has 2 aromatic rings. The molecule has 3 rings (SSSR count). The molecular weight excluding hydrogens is 222 g/mol. The normalized spacial score (nSPS) is 18.4. The molecule has 1 aliphatic rings. The molecule has 18 heavy (non-hydrogen) atoms. The van der Waals surface area contributed by atoms with E-state index in [4.69, 9.17) is 5.73 Å². The maximum Gasteiger partial charge on any atom is 0.126 e. The molecule has 0 aliphatic heterocycles. The first-order chi connectivity index (χ1) is 8.75. The maximum atomic E-state index is 5.79. The zero-order valence-corrected chi connectivity index (χ0v) is 10.6. The molecule has 3 nitrogen and oxygen atoms in total. The number of nitrogen functional groups attached to an aromatic ring is 1. The lowest BCUT2D eigenvalue weighted by Gasteiger charge is -2.24. The van der Waals surface area contributed by atoms with E-state index in [1.165, 1.54) is 23.2 Å². The van der Waals surface area contributed by atoms with Gasteiger partial charge in [-0.1, -0.05) is 12.1 Å². The van der Waals surface area contributed by atoms with Crippen LogP contribution in [0.25, 0.3) is 0 Å². The summed E-state index contributed by atoms with van der Waals surface area (Å²) in [6.45, 7) is 2.01. The quantitative estimate of drug-likeness (QED) is 0.832. The number of aromatic nitrogens is 2. The third-order valence-electron chi connectivity index (χ3n) is 3.74. The van der Waals surface area contributed by atoms with E-state index in [1.807, 2.05) is 25.4 Å². The van der Waals surface area contributed by atoms with Crippen molar-refractivity contribution in [1.82, 2.24) is 9.97 Å². The van der Waals surface area contributed by atoms with Gasteiger partial charge in [0.25, 0.3) is 0 Å². The summed E-state index contributed by atoms with van der Waals surface area (Å²) < 4.78 is 0. The molecule has 0 aromatic carbocycles. The lowest BCUT2D eigenvalue weighted by atomic mass is 9.82. The molecular formula is C15H17N3. The van der Waals surface area contributed by atoms with Crippen LogP contribution in [-0.4, -0.2) is 9.97 Å². The highest BCUT2D eigenvalue weighted by Crippen LogP contribution is 2.35. The largest absolute Gasteiger partial charge is 0.383 e. The van der Waals surface area contributed by atoms with Gasteiger partial charge in [0.05, 0.1) is 5.69 Å². The van der Waals surface area contributed by atoms with Crippen LogP contribution in [0, 0.1) is 6.92 Å². The summed E-state index contributed by atoms with van der Waals surface area (Å²) in [4.78, 5) is 8.85. The zero-order valence-electron chi connectivity index (χ0n) is 10.6. The summed E-state index contributed by atoms with van der Waals surface area (Å²) in [5.41, 5.74) is 10.7. The second-order valence-electron chi connectivity index (χ2n) is 4.96. The number of rotatable bonds is 1. The van der Waals surface area contributed by atoms with Crippen LogP contribution in [0.2, 0.25) is 0 Å². The van der Waals surface area contributed by atoms with E-state index in [0.29, 0.717) is 11.7 Å². The van der Waals surface area contributed by atoms with E-state index in [0.717, 1.165) is 18.4 Å². The van der Waals surface area contributed by atoms with Gasteiger partial charge < -0.3 is 5.73 Å². The minimum absolute atomic E-state index is 0.377. The van der Waals surface area contributed by atoms with Crippen molar-refractivity contribution in [2.45, 2.75) is 32.1 Å². The number of fused-ring (bicyclic) bond motifs is 1. The Hall–Kier alpha value is -1.90. The van der Waals surface area contributed by atoms with Crippen molar-refractivity contribution >= 4 is 5.82 Å². The summed E-state index contributed by atoms with van der Waals surface area (Å²) in [7, 11) is 0. The van der Waals surface area contributed by atoms with Crippen LogP contribution in [0.1, 0.15) is 41.1 Å². The van der Waals surface area contributed by atoms with Crippen LogP contribution in [0.5, 0.6) is 0 Å². The first kappa shape index (κ1) is 11.2. The van der Waals surface area contributed by atoms with Gasteiger partial charge in [-0.3, -0.25) is 4.98 Å². The highest BCUT2D eigenvalue weighted by molar-refractivity contribution is 5.43. The Balaban J connectivity index is 2.05. The van der Waals surface area contributed by atoms with Crippen molar-refractivity contribution in [3.05, 3.63) is 53.0 Å². The lowest BCUT2D eigenvalue weighted by molar-refractivity contribution is 0.597. The van der Waals surface area contributed by atoms with E-state index >= 15 is 0 Å². The average molecular weight is 239 g/mol. The second kappa shape index (κ2) is 4.41. The summed E-state index contributed by atoms with van der Waals surface area (Å²) in [5, 5.41) is 0. The first-order valence-corrected chi connectivity index (χ1v) is 6.41.